The molecule has 0 radical (unpaired) electrons. The van der Waals surface area contributed by atoms with E-state index in [4.69, 9.17) is 4.74 Å². The zero-order valence-corrected chi connectivity index (χ0v) is 10.6. The number of esters is 1. The third-order valence-electron chi connectivity index (χ3n) is 2.60. The molecule has 0 aliphatic carbocycles. The molecule has 1 aromatic heterocycles. The predicted octanol–water partition coefficient (Wildman–Crippen LogP) is 2.73. The minimum Gasteiger partial charge on any atom is -0.462 e. The summed E-state index contributed by atoms with van der Waals surface area (Å²) in [6.45, 7) is 7.77. The number of hydrogen-bond acceptors (Lipinski definition) is 3. The maximum absolute atomic E-state index is 11.2. The average molecular weight is 236 g/mol. The number of aromatic nitrogens is 2. The number of imidazole rings is 1. The minimum absolute atomic E-state index is 0.314. The summed E-state index contributed by atoms with van der Waals surface area (Å²) >= 11 is 0. The summed E-state index contributed by atoms with van der Waals surface area (Å²) in [4.78, 5) is 15.3. The Bertz CT molecular complexity index is 358. The molecule has 0 amide bonds. The van der Waals surface area contributed by atoms with E-state index < -0.39 is 0 Å². The van der Waals surface area contributed by atoms with Gasteiger partial charge in [0.15, 0.2) is 0 Å². The molecule has 94 valence electrons. The molecule has 4 heteroatoms. The summed E-state index contributed by atoms with van der Waals surface area (Å²) < 4.78 is 7.17. The standard InChI is InChI=1S/C13H20N2O2/c1-4-5-12(15-8-7-14-10-15)6-9-17-13(16)11(2)3/h7-8,10,12H,2,4-6,9H2,1,3H3. The number of nitrogens with zero attached hydrogens (tertiary/aromatic N) is 2. The van der Waals surface area contributed by atoms with Gasteiger partial charge in [-0.05, 0) is 13.3 Å². The lowest BCUT2D eigenvalue weighted by Crippen LogP contribution is -2.13. The van der Waals surface area contributed by atoms with Crippen molar-refractivity contribution in [2.24, 2.45) is 0 Å². The van der Waals surface area contributed by atoms with Gasteiger partial charge >= 0.3 is 5.97 Å². The highest BCUT2D eigenvalue weighted by molar-refractivity contribution is 5.86. The lowest BCUT2D eigenvalue weighted by molar-refractivity contribution is -0.139. The molecule has 0 bridgehead atoms. The Morgan fingerprint density at radius 3 is 2.82 bits per heavy atom. The number of rotatable bonds is 7. The van der Waals surface area contributed by atoms with E-state index in [1.165, 1.54) is 0 Å². The Labute approximate surface area is 102 Å². The SMILES string of the molecule is C=C(C)C(=O)OCCC(CCC)n1ccnc1. The van der Waals surface area contributed by atoms with Gasteiger partial charge in [0.2, 0.25) is 0 Å². The van der Waals surface area contributed by atoms with Crippen LogP contribution in [0.3, 0.4) is 0 Å². The van der Waals surface area contributed by atoms with E-state index in [2.05, 4.69) is 23.1 Å². The van der Waals surface area contributed by atoms with Crippen LogP contribution in [0.15, 0.2) is 30.9 Å². The first-order valence-corrected chi connectivity index (χ1v) is 5.95. The number of ether oxygens (including phenoxy) is 1. The highest BCUT2D eigenvalue weighted by Gasteiger charge is 2.11. The summed E-state index contributed by atoms with van der Waals surface area (Å²) in [6, 6.07) is 0.348. The first-order valence-electron chi connectivity index (χ1n) is 5.95. The monoisotopic (exact) mass is 236 g/mol. The smallest absolute Gasteiger partial charge is 0.333 e. The number of carbonyl (C=O) groups is 1. The highest BCUT2D eigenvalue weighted by atomic mass is 16.5. The second kappa shape index (κ2) is 6.89. The Morgan fingerprint density at radius 2 is 2.29 bits per heavy atom. The van der Waals surface area contributed by atoms with Crippen LogP contribution < -0.4 is 0 Å². The van der Waals surface area contributed by atoms with Gasteiger partial charge in [0.1, 0.15) is 0 Å². The topological polar surface area (TPSA) is 44.1 Å². The first kappa shape index (κ1) is 13.5. The van der Waals surface area contributed by atoms with Gasteiger partial charge in [0, 0.05) is 30.4 Å². The van der Waals surface area contributed by atoms with Gasteiger partial charge in [0.05, 0.1) is 12.9 Å². The van der Waals surface area contributed by atoms with Crippen LogP contribution in [0.2, 0.25) is 0 Å². The summed E-state index contributed by atoms with van der Waals surface area (Å²) in [6.07, 6.45) is 8.48. The predicted molar refractivity (Wildman–Crippen MR) is 66.6 cm³/mol. The molecule has 0 saturated heterocycles. The molecule has 1 rings (SSSR count). The van der Waals surface area contributed by atoms with Crippen molar-refractivity contribution in [1.29, 1.82) is 0 Å². The summed E-state index contributed by atoms with van der Waals surface area (Å²) in [5.41, 5.74) is 0.444. The van der Waals surface area contributed by atoms with Crippen LogP contribution in [-0.2, 0) is 9.53 Å². The van der Waals surface area contributed by atoms with Crippen LogP contribution >= 0.6 is 0 Å². The molecule has 4 nitrogen and oxygen atoms in total. The molecular formula is C13H20N2O2. The third kappa shape index (κ3) is 4.43. The van der Waals surface area contributed by atoms with Gasteiger partial charge in [-0.15, -0.1) is 0 Å². The van der Waals surface area contributed by atoms with Gasteiger partial charge in [-0.25, -0.2) is 9.78 Å². The number of hydrogen-bond donors (Lipinski definition) is 0. The van der Waals surface area contributed by atoms with Crippen molar-refractivity contribution in [1.82, 2.24) is 9.55 Å². The molecular weight excluding hydrogens is 216 g/mol. The van der Waals surface area contributed by atoms with Crippen LogP contribution in [0.25, 0.3) is 0 Å². The van der Waals surface area contributed by atoms with Gasteiger partial charge in [-0.3, -0.25) is 0 Å². The maximum atomic E-state index is 11.2. The van der Waals surface area contributed by atoms with Crippen molar-refractivity contribution < 1.29 is 9.53 Å². The molecule has 1 aromatic rings. The molecule has 17 heavy (non-hydrogen) atoms. The fraction of sp³-hybridized carbons (Fsp3) is 0.538. The van der Waals surface area contributed by atoms with Crippen molar-refractivity contribution in [3.05, 3.63) is 30.9 Å². The van der Waals surface area contributed by atoms with Crippen molar-refractivity contribution in [2.75, 3.05) is 6.61 Å². The molecule has 1 unspecified atom stereocenters. The lowest BCUT2D eigenvalue weighted by Gasteiger charge is -2.17. The fourth-order valence-electron chi connectivity index (χ4n) is 1.67. The van der Waals surface area contributed by atoms with E-state index in [-0.39, 0.29) is 5.97 Å². The molecule has 0 saturated carbocycles. The zero-order valence-electron chi connectivity index (χ0n) is 10.6. The van der Waals surface area contributed by atoms with Crippen LogP contribution in [-0.4, -0.2) is 22.1 Å². The molecule has 0 aromatic carbocycles. The van der Waals surface area contributed by atoms with Crippen molar-refractivity contribution in [3.63, 3.8) is 0 Å². The van der Waals surface area contributed by atoms with E-state index in [1.807, 2.05) is 6.20 Å². The van der Waals surface area contributed by atoms with Gasteiger partial charge in [-0.2, -0.15) is 0 Å². The summed E-state index contributed by atoms with van der Waals surface area (Å²) in [5, 5.41) is 0. The van der Waals surface area contributed by atoms with E-state index >= 15 is 0 Å². The van der Waals surface area contributed by atoms with Crippen LogP contribution in [0.4, 0.5) is 0 Å². The van der Waals surface area contributed by atoms with Crippen molar-refractivity contribution >= 4 is 5.97 Å². The Morgan fingerprint density at radius 1 is 1.53 bits per heavy atom. The van der Waals surface area contributed by atoms with Crippen LogP contribution in [0.1, 0.15) is 39.2 Å². The Kier molecular flexibility index (Phi) is 5.46. The number of carbonyl (C=O) groups excluding carboxylic acids is 1. The molecule has 1 atom stereocenters. The summed E-state index contributed by atoms with van der Waals surface area (Å²) in [7, 11) is 0. The largest absolute Gasteiger partial charge is 0.462 e. The quantitative estimate of drug-likeness (QED) is 0.540. The maximum Gasteiger partial charge on any atom is 0.333 e. The molecule has 0 N–H and O–H groups in total. The molecule has 0 aliphatic heterocycles. The Hall–Kier alpha value is -1.58. The minimum atomic E-state index is -0.314. The Balaban J connectivity index is 2.41. The first-order chi connectivity index (χ1) is 8.15. The zero-order chi connectivity index (χ0) is 12.7. The normalized spacial score (nSPS) is 12.1. The molecule has 0 fully saturated rings. The second-order valence-corrected chi connectivity index (χ2v) is 4.16. The van der Waals surface area contributed by atoms with Crippen molar-refractivity contribution in [2.45, 2.75) is 39.2 Å². The molecule has 1 heterocycles. The third-order valence-corrected chi connectivity index (χ3v) is 2.60. The van der Waals surface area contributed by atoms with E-state index in [0.29, 0.717) is 18.2 Å². The fourth-order valence-corrected chi connectivity index (χ4v) is 1.67. The second-order valence-electron chi connectivity index (χ2n) is 4.16. The molecule has 0 spiro atoms. The van der Waals surface area contributed by atoms with E-state index in [1.54, 1.807) is 19.4 Å². The van der Waals surface area contributed by atoms with Crippen LogP contribution in [0.5, 0.6) is 0 Å². The van der Waals surface area contributed by atoms with Gasteiger partial charge < -0.3 is 9.30 Å². The highest BCUT2D eigenvalue weighted by Crippen LogP contribution is 2.17. The lowest BCUT2D eigenvalue weighted by atomic mass is 10.1. The van der Waals surface area contributed by atoms with Gasteiger partial charge in [0.25, 0.3) is 0 Å². The summed E-state index contributed by atoms with van der Waals surface area (Å²) in [5.74, 6) is -0.314. The van der Waals surface area contributed by atoms with Gasteiger partial charge in [-0.1, -0.05) is 19.9 Å². The average Bonchev–Trinajstić information content (AvgIpc) is 2.80. The molecule has 0 aliphatic rings. The van der Waals surface area contributed by atoms with E-state index in [0.717, 1.165) is 19.3 Å². The van der Waals surface area contributed by atoms with Crippen molar-refractivity contribution in [3.8, 4) is 0 Å². The van der Waals surface area contributed by atoms with E-state index in [9.17, 15) is 4.79 Å². The van der Waals surface area contributed by atoms with Crippen LogP contribution in [0, 0.1) is 0 Å².